The maximum Gasteiger partial charge on any atom is 0.189 e. The molecule has 30 heavy (non-hydrogen) atoms. The second-order valence-electron chi connectivity index (χ2n) is 6.68. The number of hydrogen-bond donors (Lipinski definition) is 1. The van der Waals surface area contributed by atoms with Gasteiger partial charge in [0, 0.05) is 47.6 Å². The Bertz CT molecular complexity index is 1310. The zero-order valence-corrected chi connectivity index (χ0v) is 17.0. The second kappa shape index (κ2) is 10.2. The van der Waals surface area contributed by atoms with Crippen molar-refractivity contribution in [2.24, 2.45) is 0 Å². The number of benzene rings is 2. The van der Waals surface area contributed by atoms with Crippen LogP contribution in [0, 0.1) is 22.7 Å². The standard InChI is InChI=1S/C12H9ClN2.C12H10N2O/c13-11-5-7-15-12-4-3-9(2-1-6-14)8-10(11)12;13-6-1-2-9-3-4-11-10(8-9)12(15)5-7-14-11/h3-5,7-8H,1-2H2;3-5,7-8H,1-2H2,(H,14,15). The Hall–Kier alpha value is -3.67. The van der Waals surface area contributed by atoms with Crippen LogP contribution in [0.5, 0.6) is 0 Å². The quantitative estimate of drug-likeness (QED) is 0.488. The molecule has 2 aromatic carbocycles. The average molecular weight is 415 g/mol. The van der Waals surface area contributed by atoms with Gasteiger partial charge < -0.3 is 4.98 Å². The molecule has 0 saturated carbocycles. The number of aryl methyl sites for hydroxylation is 2. The van der Waals surface area contributed by atoms with Gasteiger partial charge in [-0.05, 0) is 54.3 Å². The van der Waals surface area contributed by atoms with E-state index < -0.39 is 0 Å². The molecule has 6 heteroatoms. The molecular formula is C24H19ClN4O. The monoisotopic (exact) mass is 414 g/mol. The number of halogens is 1. The largest absolute Gasteiger partial charge is 0.361 e. The zero-order valence-electron chi connectivity index (χ0n) is 16.2. The minimum Gasteiger partial charge on any atom is -0.361 e. The van der Waals surface area contributed by atoms with E-state index in [0.29, 0.717) is 29.7 Å². The van der Waals surface area contributed by atoms with Crippen molar-refractivity contribution in [3.8, 4) is 12.1 Å². The lowest BCUT2D eigenvalue weighted by molar-refractivity contribution is 1.01. The van der Waals surface area contributed by atoms with E-state index in [9.17, 15) is 4.79 Å². The fourth-order valence-corrected chi connectivity index (χ4v) is 3.30. The highest BCUT2D eigenvalue weighted by Gasteiger charge is 2.01. The highest BCUT2D eigenvalue weighted by Crippen LogP contribution is 2.22. The Morgan fingerprint density at radius 1 is 0.900 bits per heavy atom. The van der Waals surface area contributed by atoms with E-state index in [2.05, 4.69) is 22.1 Å². The summed E-state index contributed by atoms with van der Waals surface area (Å²) in [4.78, 5) is 18.7. The third-order valence-corrected chi connectivity index (χ3v) is 4.96. The third-order valence-electron chi connectivity index (χ3n) is 4.63. The lowest BCUT2D eigenvalue weighted by Gasteiger charge is -2.02. The van der Waals surface area contributed by atoms with Gasteiger partial charge in [0.15, 0.2) is 5.43 Å². The first-order valence-corrected chi connectivity index (χ1v) is 9.87. The van der Waals surface area contributed by atoms with Crippen molar-refractivity contribution in [2.75, 3.05) is 0 Å². The minimum absolute atomic E-state index is 0.0163. The van der Waals surface area contributed by atoms with E-state index in [0.717, 1.165) is 34.0 Å². The number of nitrogens with zero attached hydrogens (tertiary/aromatic N) is 3. The number of pyridine rings is 2. The number of nitrogens with one attached hydrogen (secondary N) is 1. The van der Waals surface area contributed by atoms with E-state index in [-0.39, 0.29) is 5.43 Å². The van der Waals surface area contributed by atoms with Crippen molar-refractivity contribution >= 4 is 33.4 Å². The number of rotatable bonds is 4. The van der Waals surface area contributed by atoms with E-state index >= 15 is 0 Å². The third kappa shape index (κ3) is 5.23. The topological polar surface area (TPSA) is 93.3 Å². The second-order valence-corrected chi connectivity index (χ2v) is 7.09. The molecule has 0 radical (unpaired) electrons. The van der Waals surface area contributed by atoms with Gasteiger partial charge in [0.1, 0.15) is 0 Å². The van der Waals surface area contributed by atoms with Crippen LogP contribution in [-0.4, -0.2) is 9.97 Å². The number of hydrogen-bond acceptors (Lipinski definition) is 4. The van der Waals surface area contributed by atoms with Crippen LogP contribution in [0.2, 0.25) is 5.02 Å². The molecule has 0 saturated heterocycles. The van der Waals surface area contributed by atoms with Gasteiger partial charge >= 0.3 is 0 Å². The highest BCUT2D eigenvalue weighted by atomic mass is 35.5. The molecule has 5 nitrogen and oxygen atoms in total. The van der Waals surface area contributed by atoms with Crippen LogP contribution in [0.15, 0.2) is 65.7 Å². The molecule has 2 heterocycles. The summed E-state index contributed by atoms with van der Waals surface area (Å²) < 4.78 is 0. The lowest BCUT2D eigenvalue weighted by atomic mass is 10.1. The van der Waals surface area contributed by atoms with E-state index in [1.165, 1.54) is 6.07 Å². The first kappa shape index (κ1) is 21.0. The summed E-state index contributed by atoms with van der Waals surface area (Å²) in [5.41, 5.74) is 3.90. The average Bonchev–Trinajstić information content (AvgIpc) is 2.77. The Balaban J connectivity index is 0.000000171. The highest BCUT2D eigenvalue weighted by molar-refractivity contribution is 6.35. The SMILES string of the molecule is N#CCCc1ccc2[nH]ccc(=O)c2c1.N#CCCc1ccc2nccc(Cl)c2c1. The fourth-order valence-electron chi connectivity index (χ4n) is 3.09. The summed E-state index contributed by atoms with van der Waals surface area (Å²) in [5.74, 6) is 0. The number of fused-ring (bicyclic) bond motifs is 2. The number of H-pyrrole nitrogens is 1. The van der Waals surface area contributed by atoms with Gasteiger partial charge in [0.25, 0.3) is 0 Å². The summed E-state index contributed by atoms with van der Waals surface area (Å²) in [7, 11) is 0. The molecule has 4 aromatic rings. The van der Waals surface area contributed by atoms with Crippen LogP contribution in [-0.2, 0) is 12.8 Å². The number of nitriles is 2. The van der Waals surface area contributed by atoms with Crippen molar-refractivity contribution in [1.82, 2.24) is 9.97 Å². The Morgan fingerprint density at radius 3 is 2.27 bits per heavy atom. The van der Waals surface area contributed by atoms with Crippen LogP contribution >= 0.6 is 11.6 Å². The normalized spacial score (nSPS) is 10.1. The summed E-state index contributed by atoms with van der Waals surface area (Å²) in [6.07, 6.45) is 5.80. The van der Waals surface area contributed by atoms with Crippen molar-refractivity contribution < 1.29 is 0 Å². The molecule has 1 N–H and O–H groups in total. The Morgan fingerprint density at radius 2 is 1.57 bits per heavy atom. The van der Waals surface area contributed by atoms with Crippen LogP contribution in [0.25, 0.3) is 21.8 Å². The van der Waals surface area contributed by atoms with Crippen molar-refractivity contribution in [3.05, 3.63) is 87.3 Å². The molecule has 2 aromatic heterocycles. The summed E-state index contributed by atoms with van der Waals surface area (Å²) in [6.45, 7) is 0. The molecule has 148 valence electrons. The van der Waals surface area contributed by atoms with E-state index in [1.807, 2.05) is 36.4 Å². The maximum absolute atomic E-state index is 11.5. The maximum atomic E-state index is 11.5. The predicted octanol–water partition coefficient (Wildman–Crippen LogP) is 5.33. The molecule has 0 fully saturated rings. The van der Waals surface area contributed by atoms with Gasteiger partial charge in [-0.2, -0.15) is 10.5 Å². The molecular weight excluding hydrogens is 396 g/mol. The van der Waals surface area contributed by atoms with Crippen molar-refractivity contribution in [2.45, 2.75) is 25.7 Å². The Labute approximate surface area is 179 Å². The molecule has 0 amide bonds. The molecule has 0 bridgehead atoms. The lowest BCUT2D eigenvalue weighted by Crippen LogP contribution is -2.00. The van der Waals surface area contributed by atoms with Gasteiger partial charge in [-0.15, -0.1) is 0 Å². The molecule has 0 unspecified atom stereocenters. The number of aromatic amines is 1. The van der Waals surface area contributed by atoms with Gasteiger partial charge in [-0.3, -0.25) is 9.78 Å². The first-order chi connectivity index (χ1) is 14.6. The van der Waals surface area contributed by atoms with Crippen LogP contribution in [0.1, 0.15) is 24.0 Å². The van der Waals surface area contributed by atoms with Crippen LogP contribution < -0.4 is 5.43 Å². The predicted molar refractivity (Wildman–Crippen MR) is 119 cm³/mol. The van der Waals surface area contributed by atoms with Gasteiger partial charge in [0.2, 0.25) is 0 Å². The summed E-state index contributed by atoms with van der Waals surface area (Å²) in [6, 6.07) is 19.1. The fraction of sp³-hybridized carbons (Fsp3) is 0.167. The van der Waals surface area contributed by atoms with Gasteiger partial charge in [0.05, 0.1) is 22.7 Å². The molecule has 4 rings (SSSR count). The zero-order chi connectivity index (χ0) is 21.3. The molecule has 0 aliphatic rings. The van der Waals surface area contributed by atoms with Crippen molar-refractivity contribution in [1.29, 1.82) is 10.5 Å². The van der Waals surface area contributed by atoms with E-state index in [4.69, 9.17) is 22.1 Å². The molecule has 0 aliphatic heterocycles. The molecule has 0 atom stereocenters. The molecule has 0 aliphatic carbocycles. The van der Waals surface area contributed by atoms with Gasteiger partial charge in [-0.1, -0.05) is 23.7 Å². The van der Waals surface area contributed by atoms with Gasteiger partial charge in [-0.25, -0.2) is 0 Å². The Kier molecular flexibility index (Phi) is 7.16. The van der Waals surface area contributed by atoms with Crippen molar-refractivity contribution in [3.63, 3.8) is 0 Å². The van der Waals surface area contributed by atoms with E-state index in [1.54, 1.807) is 18.5 Å². The number of aromatic nitrogens is 2. The van der Waals surface area contributed by atoms with Crippen LogP contribution in [0.4, 0.5) is 0 Å². The first-order valence-electron chi connectivity index (χ1n) is 9.50. The molecule has 0 spiro atoms. The smallest absolute Gasteiger partial charge is 0.189 e. The minimum atomic E-state index is 0.0163. The summed E-state index contributed by atoms with van der Waals surface area (Å²) >= 11 is 6.06. The van der Waals surface area contributed by atoms with Crippen LogP contribution in [0.3, 0.4) is 0 Å². The summed E-state index contributed by atoms with van der Waals surface area (Å²) in [5, 5.41) is 19.3.